The molecule has 7 nitrogen and oxygen atoms in total. The molecule has 1 saturated heterocycles. The molecule has 2 aromatic heterocycles. The molecule has 3 heterocycles. The van der Waals surface area contributed by atoms with Crippen LogP contribution < -0.4 is 0 Å². The first-order valence-electron chi connectivity index (χ1n) is 8.93. The minimum Gasteiger partial charge on any atom is -0.392 e. The number of amides is 1. The van der Waals surface area contributed by atoms with Gasteiger partial charge in [-0.2, -0.15) is 5.10 Å². The van der Waals surface area contributed by atoms with Gasteiger partial charge in [0.15, 0.2) is 5.65 Å². The fraction of sp³-hybridized carbons (Fsp3) is 0.611. The number of hydrogen-bond donors (Lipinski definition) is 1. The minimum absolute atomic E-state index is 0.191. The summed E-state index contributed by atoms with van der Waals surface area (Å²) in [5, 5.41) is 13.8. The van der Waals surface area contributed by atoms with Gasteiger partial charge < -0.3 is 10.0 Å². The number of nitrogens with zero attached hydrogens (tertiary/aromatic N) is 5. The van der Waals surface area contributed by atoms with Gasteiger partial charge in [-0.3, -0.25) is 9.69 Å². The summed E-state index contributed by atoms with van der Waals surface area (Å²) >= 11 is 0. The first kappa shape index (κ1) is 17.8. The number of carbonyl (C=O) groups excluding carboxylic acids is 1. The Morgan fingerprint density at radius 3 is 2.68 bits per heavy atom. The van der Waals surface area contributed by atoms with Gasteiger partial charge in [0.2, 0.25) is 5.91 Å². The second-order valence-corrected chi connectivity index (χ2v) is 6.89. The molecule has 1 amide bonds. The SMILES string of the molecule is Cc1nc2ccnn2c(C)c1CCC(=O)N1CCN(C[C@H](C)O)CC1. The van der Waals surface area contributed by atoms with Crippen molar-refractivity contribution in [3.63, 3.8) is 0 Å². The molecule has 1 atom stereocenters. The molecule has 0 aliphatic carbocycles. The lowest BCUT2D eigenvalue weighted by Gasteiger charge is -2.35. The van der Waals surface area contributed by atoms with Gasteiger partial charge in [-0.05, 0) is 32.8 Å². The van der Waals surface area contributed by atoms with E-state index in [4.69, 9.17) is 0 Å². The summed E-state index contributed by atoms with van der Waals surface area (Å²) < 4.78 is 1.83. The van der Waals surface area contributed by atoms with E-state index in [1.807, 2.05) is 29.3 Å². The summed E-state index contributed by atoms with van der Waals surface area (Å²) in [5.74, 6) is 0.191. The molecule has 25 heavy (non-hydrogen) atoms. The minimum atomic E-state index is -0.321. The molecule has 1 N–H and O–H groups in total. The van der Waals surface area contributed by atoms with Gasteiger partial charge >= 0.3 is 0 Å². The molecule has 0 bridgehead atoms. The lowest BCUT2D eigenvalue weighted by molar-refractivity contribution is -0.133. The van der Waals surface area contributed by atoms with Crippen LogP contribution in [-0.4, -0.2) is 74.2 Å². The van der Waals surface area contributed by atoms with Crippen LogP contribution in [0.25, 0.3) is 5.65 Å². The third-order valence-electron chi connectivity index (χ3n) is 4.93. The summed E-state index contributed by atoms with van der Waals surface area (Å²) in [7, 11) is 0. The largest absolute Gasteiger partial charge is 0.392 e. The standard InChI is InChI=1S/C18H27N5O2/c1-13(24)12-21-8-10-22(11-9-21)18(25)5-4-16-14(2)20-17-6-7-19-23(17)15(16)3/h6-7,13,24H,4-5,8-12H2,1-3H3/t13-/m0/s1. The Morgan fingerprint density at radius 2 is 2.00 bits per heavy atom. The van der Waals surface area contributed by atoms with Crippen LogP contribution >= 0.6 is 0 Å². The van der Waals surface area contributed by atoms with E-state index in [2.05, 4.69) is 15.0 Å². The average Bonchev–Trinajstić information content (AvgIpc) is 3.03. The van der Waals surface area contributed by atoms with Crippen molar-refractivity contribution >= 4 is 11.6 Å². The highest BCUT2D eigenvalue weighted by Crippen LogP contribution is 2.17. The number of rotatable bonds is 5. The van der Waals surface area contributed by atoms with Crippen molar-refractivity contribution in [2.24, 2.45) is 0 Å². The highest BCUT2D eigenvalue weighted by Gasteiger charge is 2.22. The Kier molecular flexibility index (Phi) is 5.34. The van der Waals surface area contributed by atoms with Gasteiger partial charge in [0.05, 0.1) is 12.3 Å². The van der Waals surface area contributed by atoms with Crippen molar-refractivity contribution in [3.05, 3.63) is 29.2 Å². The topological polar surface area (TPSA) is 74.0 Å². The number of β-amino-alcohol motifs (C(OH)–C–C–N with tert-alkyl or cyclic N) is 1. The van der Waals surface area contributed by atoms with Crippen LogP contribution in [0.5, 0.6) is 0 Å². The van der Waals surface area contributed by atoms with Gasteiger partial charge in [0.25, 0.3) is 0 Å². The van der Waals surface area contributed by atoms with E-state index in [0.29, 0.717) is 19.4 Å². The van der Waals surface area contributed by atoms with E-state index >= 15 is 0 Å². The second-order valence-electron chi connectivity index (χ2n) is 6.89. The van der Waals surface area contributed by atoms with Gasteiger partial charge in [-0.1, -0.05) is 0 Å². The van der Waals surface area contributed by atoms with Gasteiger partial charge in [0, 0.05) is 56.6 Å². The molecule has 1 aliphatic rings. The van der Waals surface area contributed by atoms with Crippen LogP contribution in [-0.2, 0) is 11.2 Å². The number of aromatic nitrogens is 3. The quantitative estimate of drug-likeness (QED) is 0.868. The lowest BCUT2D eigenvalue weighted by Crippen LogP contribution is -2.50. The van der Waals surface area contributed by atoms with E-state index in [-0.39, 0.29) is 12.0 Å². The molecular weight excluding hydrogens is 318 g/mol. The molecule has 1 aliphatic heterocycles. The molecule has 0 aromatic carbocycles. The van der Waals surface area contributed by atoms with E-state index in [1.165, 1.54) is 0 Å². The molecule has 3 rings (SSSR count). The van der Waals surface area contributed by atoms with E-state index in [9.17, 15) is 9.90 Å². The van der Waals surface area contributed by atoms with Crippen LogP contribution in [0.4, 0.5) is 0 Å². The van der Waals surface area contributed by atoms with Gasteiger partial charge in [-0.15, -0.1) is 0 Å². The Balaban J connectivity index is 1.58. The second kappa shape index (κ2) is 7.49. The number of piperazine rings is 1. The van der Waals surface area contributed by atoms with Crippen molar-refractivity contribution in [2.45, 2.75) is 39.7 Å². The maximum Gasteiger partial charge on any atom is 0.222 e. The molecule has 0 unspecified atom stereocenters. The van der Waals surface area contributed by atoms with E-state index < -0.39 is 0 Å². The zero-order valence-corrected chi connectivity index (χ0v) is 15.3. The third-order valence-corrected chi connectivity index (χ3v) is 4.93. The number of aliphatic hydroxyl groups excluding tert-OH is 1. The molecule has 0 radical (unpaired) electrons. The van der Waals surface area contributed by atoms with Crippen LogP contribution in [0.15, 0.2) is 12.3 Å². The fourth-order valence-corrected chi connectivity index (χ4v) is 3.57. The Bertz CT molecular complexity index is 747. The smallest absolute Gasteiger partial charge is 0.222 e. The summed E-state index contributed by atoms with van der Waals surface area (Å²) in [4.78, 5) is 21.3. The maximum atomic E-state index is 12.6. The predicted octanol–water partition coefficient (Wildman–Crippen LogP) is 0.804. The van der Waals surface area contributed by atoms with Crippen LogP contribution in [0.1, 0.15) is 30.3 Å². The fourth-order valence-electron chi connectivity index (χ4n) is 3.57. The van der Waals surface area contributed by atoms with E-state index in [1.54, 1.807) is 13.1 Å². The number of aliphatic hydroxyl groups is 1. The summed E-state index contributed by atoms with van der Waals surface area (Å²) in [6.45, 7) is 9.63. The van der Waals surface area contributed by atoms with E-state index in [0.717, 1.165) is 48.8 Å². The van der Waals surface area contributed by atoms with Crippen molar-refractivity contribution in [3.8, 4) is 0 Å². The average molecular weight is 345 g/mol. The first-order valence-corrected chi connectivity index (χ1v) is 8.93. The first-order chi connectivity index (χ1) is 12.0. The van der Waals surface area contributed by atoms with Crippen molar-refractivity contribution in [1.29, 1.82) is 0 Å². The molecule has 1 fully saturated rings. The number of fused-ring (bicyclic) bond motifs is 1. The van der Waals surface area contributed by atoms with Crippen LogP contribution in [0, 0.1) is 13.8 Å². The van der Waals surface area contributed by atoms with Crippen molar-refractivity contribution in [1.82, 2.24) is 24.4 Å². The zero-order valence-electron chi connectivity index (χ0n) is 15.3. The summed E-state index contributed by atoms with van der Waals surface area (Å²) in [6.07, 6.45) is 2.61. The van der Waals surface area contributed by atoms with Gasteiger partial charge in [-0.25, -0.2) is 9.50 Å². The number of carbonyl (C=O) groups is 1. The van der Waals surface area contributed by atoms with Crippen molar-refractivity contribution < 1.29 is 9.90 Å². The normalized spacial score (nSPS) is 17.2. The van der Waals surface area contributed by atoms with Crippen molar-refractivity contribution in [2.75, 3.05) is 32.7 Å². The molecule has 2 aromatic rings. The Labute approximate surface area is 148 Å². The number of hydrogen-bond acceptors (Lipinski definition) is 5. The number of aryl methyl sites for hydroxylation is 2. The monoisotopic (exact) mass is 345 g/mol. The zero-order chi connectivity index (χ0) is 18.0. The maximum absolute atomic E-state index is 12.6. The van der Waals surface area contributed by atoms with Crippen LogP contribution in [0.3, 0.4) is 0 Å². The summed E-state index contributed by atoms with van der Waals surface area (Å²) in [5.41, 5.74) is 3.98. The molecular formula is C18H27N5O2. The van der Waals surface area contributed by atoms with Gasteiger partial charge in [0.1, 0.15) is 0 Å². The predicted molar refractivity (Wildman–Crippen MR) is 95.5 cm³/mol. The summed E-state index contributed by atoms with van der Waals surface area (Å²) in [6, 6.07) is 1.89. The Hall–Kier alpha value is -1.99. The highest BCUT2D eigenvalue weighted by atomic mass is 16.3. The molecule has 0 spiro atoms. The highest BCUT2D eigenvalue weighted by molar-refractivity contribution is 5.76. The Morgan fingerprint density at radius 1 is 1.28 bits per heavy atom. The molecule has 7 heteroatoms. The van der Waals surface area contributed by atoms with Crippen LogP contribution in [0.2, 0.25) is 0 Å². The third kappa shape index (κ3) is 3.99. The molecule has 136 valence electrons. The molecule has 0 saturated carbocycles. The lowest BCUT2D eigenvalue weighted by atomic mass is 10.1.